The number of rotatable bonds is 9. The SMILES string of the molecule is CC(C)(C)OC(=O)[C@H](CSC(c1ccccc1)(c1ccccc1)c1ccccc1)NC(=S)Nc1cccnc1N. The van der Waals surface area contributed by atoms with Crippen LogP contribution in [0.1, 0.15) is 37.5 Å². The second-order valence-electron chi connectivity index (χ2n) is 10.2. The quantitative estimate of drug-likeness (QED) is 0.121. The number of nitrogen functional groups attached to an aromatic ring is 1. The maximum absolute atomic E-state index is 13.5. The van der Waals surface area contributed by atoms with E-state index in [1.165, 1.54) is 0 Å². The molecule has 0 spiro atoms. The molecular weight excluding hydrogens is 537 g/mol. The molecule has 0 aliphatic heterocycles. The van der Waals surface area contributed by atoms with Gasteiger partial charge in [-0.1, -0.05) is 91.0 Å². The van der Waals surface area contributed by atoms with Gasteiger partial charge in [-0.15, -0.1) is 11.8 Å². The van der Waals surface area contributed by atoms with Gasteiger partial charge in [0.15, 0.2) is 5.11 Å². The van der Waals surface area contributed by atoms with E-state index in [1.54, 1.807) is 30.1 Å². The average Bonchev–Trinajstić information content (AvgIpc) is 2.95. The number of nitrogens with one attached hydrogen (secondary N) is 2. The summed E-state index contributed by atoms with van der Waals surface area (Å²) >= 11 is 7.25. The summed E-state index contributed by atoms with van der Waals surface area (Å²) in [5, 5.41) is 6.50. The van der Waals surface area contributed by atoms with Gasteiger partial charge in [0.25, 0.3) is 0 Å². The van der Waals surface area contributed by atoms with E-state index in [1.807, 2.05) is 75.4 Å². The van der Waals surface area contributed by atoms with Crippen LogP contribution in [0, 0.1) is 0 Å². The number of carbonyl (C=O) groups is 1. The van der Waals surface area contributed by atoms with Crippen molar-refractivity contribution in [3.63, 3.8) is 0 Å². The summed E-state index contributed by atoms with van der Waals surface area (Å²) in [5.74, 6) is 0.273. The Balaban J connectivity index is 1.72. The number of thioether (sulfide) groups is 1. The van der Waals surface area contributed by atoms with E-state index in [0.29, 0.717) is 17.3 Å². The first-order valence-electron chi connectivity index (χ1n) is 13.0. The summed E-state index contributed by atoms with van der Waals surface area (Å²) in [7, 11) is 0. The molecule has 0 saturated heterocycles. The van der Waals surface area contributed by atoms with Gasteiger partial charge < -0.3 is 21.1 Å². The number of ether oxygens (including phenoxy) is 1. The van der Waals surface area contributed by atoms with Crippen molar-refractivity contribution in [2.24, 2.45) is 0 Å². The Morgan fingerprint density at radius 2 is 1.38 bits per heavy atom. The van der Waals surface area contributed by atoms with Crippen LogP contribution >= 0.6 is 24.0 Å². The molecule has 6 nitrogen and oxygen atoms in total. The van der Waals surface area contributed by atoms with Crippen LogP contribution in [0.5, 0.6) is 0 Å². The maximum Gasteiger partial charge on any atom is 0.330 e. The molecule has 4 aromatic rings. The predicted molar refractivity (Wildman–Crippen MR) is 169 cm³/mol. The molecule has 1 aromatic heterocycles. The lowest BCUT2D eigenvalue weighted by Crippen LogP contribution is -2.48. The Hall–Kier alpha value is -3.88. The molecular formula is C32H34N4O2S2. The highest BCUT2D eigenvalue weighted by molar-refractivity contribution is 8.00. The van der Waals surface area contributed by atoms with E-state index in [0.717, 1.165) is 16.7 Å². The van der Waals surface area contributed by atoms with Crippen LogP contribution in [-0.2, 0) is 14.3 Å². The van der Waals surface area contributed by atoms with Gasteiger partial charge in [-0.25, -0.2) is 9.78 Å². The lowest BCUT2D eigenvalue weighted by atomic mass is 9.84. The normalized spacial score (nSPS) is 12.3. The highest BCUT2D eigenvalue weighted by Crippen LogP contribution is 2.48. The summed E-state index contributed by atoms with van der Waals surface area (Å²) in [6, 6.07) is 33.8. The van der Waals surface area contributed by atoms with Crippen molar-refractivity contribution in [1.82, 2.24) is 10.3 Å². The van der Waals surface area contributed by atoms with E-state index < -0.39 is 22.4 Å². The van der Waals surface area contributed by atoms with Gasteiger partial charge in [-0.05, 0) is 61.8 Å². The molecule has 40 heavy (non-hydrogen) atoms. The Morgan fingerprint density at radius 3 is 1.82 bits per heavy atom. The topological polar surface area (TPSA) is 89.3 Å². The number of thiocarbonyl (C=S) groups is 1. The van der Waals surface area contributed by atoms with Crippen LogP contribution in [0.25, 0.3) is 0 Å². The van der Waals surface area contributed by atoms with Crippen molar-refractivity contribution in [3.8, 4) is 0 Å². The molecule has 0 radical (unpaired) electrons. The van der Waals surface area contributed by atoms with E-state index in [4.69, 9.17) is 22.7 Å². The molecule has 4 rings (SSSR count). The highest BCUT2D eigenvalue weighted by Gasteiger charge is 2.39. The first kappa shape index (κ1) is 29.1. The van der Waals surface area contributed by atoms with Gasteiger partial charge in [0, 0.05) is 11.9 Å². The molecule has 206 valence electrons. The van der Waals surface area contributed by atoms with E-state index >= 15 is 0 Å². The Kier molecular flexibility index (Phi) is 9.45. The van der Waals surface area contributed by atoms with Gasteiger partial charge in [0.05, 0.1) is 10.4 Å². The number of nitrogens with two attached hydrogens (primary N) is 1. The lowest BCUT2D eigenvalue weighted by Gasteiger charge is -2.36. The fourth-order valence-electron chi connectivity index (χ4n) is 4.36. The number of esters is 1. The molecule has 1 atom stereocenters. The highest BCUT2D eigenvalue weighted by atomic mass is 32.2. The van der Waals surface area contributed by atoms with Crippen LogP contribution in [-0.4, -0.2) is 33.5 Å². The molecule has 0 saturated carbocycles. The van der Waals surface area contributed by atoms with Gasteiger partial charge >= 0.3 is 5.97 Å². The fourth-order valence-corrected chi connectivity index (χ4v) is 6.15. The average molecular weight is 571 g/mol. The predicted octanol–water partition coefficient (Wildman–Crippen LogP) is 6.39. The van der Waals surface area contributed by atoms with Crippen molar-refractivity contribution in [3.05, 3.63) is 126 Å². The van der Waals surface area contributed by atoms with E-state index in [9.17, 15) is 4.79 Å². The largest absolute Gasteiger partial charge is 0.458 e. The van der Waals surface area contributed by atoms with Crippen LogP contribution in [0.15, 0.2) is 109 Å². The van der Waals surface area contributed by atoms with Crippen molar-refractivity contribution < 1.29 is 9.53 Å². The van der Waals surface area contributed by atoms with E-state index in [2.05, 4.69) is 52.0 Å². The smallest absolute Gasteiger partial charge is 0.330 e. The molecule has 0 bridgehead atoms. The molecule has 0 amide bonds. The number of pyridine rings is 1. The number of carbonyl (C=O) groups excluding carboxylic acids is 1. The van der Waals surface area contributed by atoms with Gasteiger partial charge in [0.2, 0.25) is 0 Å². The molecule has 4 N–H and O–H groups in total. The van der Waals surface area contributed by atoms with Crippen molar-refractivity contribution in [2.75, 3.05) is 16.8 Å². The molecule has 0 fully saturated rings. The van der Waals surface area contributed by atoms with Crippen LogP contribution in [0.2, 0.25) is 0 Å². The molecule has 0 aliphatic carbocycles. The summed E-state index contributed by atoms with van der Waals surface area (Å²) < 4.78 is 5.22. The van der Waals surface area contributed by atoms with Crippen molar-refractivity contribution >= 4 is 46.6 Å². The standard InChI is InChI=1S/C32H34N4O2S2/c1-31(2,3)38-29(37)27(36-30(39)35-26-20-13-21-34-28(26)33)22-40-32(23-14-7-4-8-15-23,24-16-9-5-10-17-24)25-18-11-6-12-19-25/h4-21,27H,22H2,1-3H3,(H2,33,34)(H2,35,36,39)/t27-/m0/s1. The Morgan fingerprint density at radius 1 is 0.875 bits per heavy atom. The third-order valence-electron chi connectivity index (χ3n) is 6.09. The van der Waals surface area contributed by atoms with Gasteiger partial charge in [-0.3, -0.25) is 0 Å². The monoisotopic (exact) mass is 570 g/mol. The number of benzene rings is 3. The molecule has 8 heteroatoms. The van der Waals surface area contributed by atoms with Crippen LogP contribution in [0.3, 0.4) is 0 Å². The van der Waals surface area contributed by atoms with Crippen molar-refractivity contribution in [2.45, 2.75) is 37.2 Å². The number of hydrogen-bond donors (Lipinski definition) is 3. The minimum atomic E-state index is -0.752. The van der Waals surface area contributed by atoms with Crippen LogP contribution < -0.4 is 16.4 Å². The maximum atomic E-state index is 13.5. The third kappa shape index (κ3) is 7.20. The zero-order valence-electron chi connectivity index (χ0n) is 22.8. The first-order chi connectivity index (χ1) is 19.2. The second-order valence-corrected chi connectivity index (χ2v) is 11.9. The Bertz CT molecular complexity index is 1310. The van der Waals surface area contributed by atoms with Crippen LogP contribution in [0.4, 0.5) is 11.5 Å². The number of nitrogens with zero attached hydrogens (tertiary/aromatic N) is 1. The molecule has 0 aliphatic rings. The number of anilines is 2. The van der Waals surface area contributed by atoms with Gasteiger partial charge in [0.1, 0.15) is 17.5 Å². The minimum Gasteiger partial charge on any atom is -0.458 e. The summed E-state index contributed by atoms with van der Waals surface area (Å²) in [6.45, 7) is 5.55. The zero-order chi connectivity index (χ0) is 28.6. The third-order valence-corrected chi connectivity index (χ3v) is 7.95. The Labute approximate surface area is 245 Å². The summed E-state index contributed by atoms with van der Waals surface area (Å²) in [5.41, 5.74) is 9.19. The molecule has 1 heterocycles. The summed E-state index contributed by atoms with van der Waals surface area (Å²) in [6.07, 6.45) is 1.60. The number of hydrogen-bond acceptors (Lipinski definition) is 6. The minimum absolute atomic E-state index is 0.251. The van der Waals surface area contributed by atoms with E-state index in [-0.39, 0.29) is 5.11 Å². The first-order valence-corrected chi connectivity index (χ1v) is 14.4. The summed E-state index contributed by atoms with van der Waals surface area (Å²) in [4.78, 5) is 17.6. The molecule has 3 aromatic carbocycles. The van der Waals surface area contributed by atoms with Gasteiger partial charge in [-0.2, -0.15) is 0 Å². The number of aromatic nitrogens is 1. The fraction of sp³-hybridized carbons (Fsp3) is 0.219. The molecule has 0 unspecified atom stereocenters. The lowest BCUT2D eigenvalue weighted by molar-refractivity contribution is -0.156. The van der Waals surface area contributed by atoms with Crippen molar-refractivity contribution in [1.29, 1.82) is 0 Å². The zero-order valence-corrected chi connectivity index (χ0v) is 24.5. The second kappa shape index (κ2) is 13.0.